The van der Waals surface area contributed by atoms with Gasteiger partial charge in [0.1, 0.15) is 5.76 Å². The number of ether oxygens (including phenoxy) is 1. The normalized spacial score (nSPS) is 12.4. The molecule has 4 nitrogen and oxygen atoms in total. The van der Waals surface area contributed by atoms with Crippen molar-refractivity contribution >= 4 is 0 Å². The molecule has 0 fully saturated rings. The monoisotopic (exact) mass is 351 g/mol. The van der Waals surface area contributed by atoms with Gasteiger partial charge in [-0.1, -0.05) is 60.7 Å². The number of rotatable bonds is 10. The van der Waals surface area contributed by atoms with Crippen LogP contribution in [0.2, 0.25) is 0 Å². The highest BCUT2D eigenvalue weighted by Crippen LogP contribution is 2.11. The van der Waals surface area contributed by atoms with E-state index in [-0.39, 0.29) is 0 Å². The van der Waals surface area contributed by atoms with Crippen LogP contribution in [-0.4, -0.2) is 29.3 Å². The number of aliphatic hydroxyl groups is 1. The van der Waals surface area contributed by atoms with Crippen LogP contribution in [0.5, 0.6) is 0 Å². The molecule has 3 aromatic rings. The van der Waals surface area contributed by atoms with Crippen LogP contribution >= 0.6 is 0 Å². The van der Waals surface area contributed by atoms with Gasteiger partial charge in [-0.05, 0) is 23.3 Å². The minimum absolute atomic E-state index is 0.304. The van der Waals surface area contributed by atoms with E-state index in [1.807, 2.05) is 60.7 Å². The fourth-order valence-electron chi connectivity index (χ4n) is 2.89. The molecule has 0 spiro atoms. The topological polar surface area (TPSA) is 45.8 Å². The average Bonchev–Trinajstić information content (AvgIpc) is 3.16. The summed E-state index contributed by atoms with van der Waals surface area (Å²) in [4.78, 5) is 2.17. The summed E-state index contributed by atoms with van der Waals surface area (Å²) in [5.41, 5.74) is 2.31. The molecule has 1 atom stereocenters. The Morgan fingerprint density at radius 3 is 2.19 bits per heavy atom. The van der Waals surface area contributed by atoms with Gasteiger partial charge in [0.15, 0.2) is 0 Å². The molecule has 1 N–H and O–H groups in total. The maximum absolute atomic E-state index is 10.4. The third-order valence-corrected chi connectivity index (χ3v) is 4.10. The second-order valence-corrected chi connectivity index (χ2v) is 6.39. The zero-order valence-corrected chi connectivity index (χ0v) is 14.8. The SMILES string of the molecule is O[C@@H](COCc1ccccc1)CN(Cc1ccccc1)Cc1ccco1. The molecule has 0 saturated carbocycles. The van der Waals surface area contributed by atoms with Crippen molar-refractivity contribution in [2.45, 2.75) is 25.8 Å². The number of hydrogen-bond donors (Lipinski definition) is 1. The summed E-state index contributed by atoms with van der Waals surface area (Å²) < 4.78 is 11.1. The van der Waals surface area contributed by atoms with Gasteiger partial charge in [0, 0.05) is 13.1 Å². The highest BCUT2D eigenvalue weighted by Gasteiger charge is 2.14. The lowest BCUT2D eigenvalue weighted by atomic mass is 10.2. The Hall–Kier alpha value is -2.40. The van der Waals surface area contributed by atoms with E-state index in [2.05, 4.69) is 17.0 Å². The predicted octanol–water partition coefficient (Wildman–Crippen LogP) is 3.86. The lowest BCUT2D eigenvalue weighted by Gasteiger charge is -2.24. The van der Waals surface area contributed by atoms with Gasteiger partial charge in [0.05, 0.1) is 32.1 Å². The van der Waals surface area contributed by atoms with Gasteiger partial charge in [0.25, 0.3) is 0 Å². The largest absolute Gasteiger partial charge is 0.468 e. The van der Waals surface area contributed by atoms with E-state index in [0.29, 0.717) is 26.3 Å². The van der Waals surface area contributed by atoms with Crippen LogP contribution in [0.1, 0.15) is 16.9 Å². The zero-order chi connectivity index (χ0) is 18.0. The third kappa shape index (κ3) is 6.15. The first kappa shape index (κ1) is 18.4. The lowest BCUT2D eigenvalue weighted by molar-refractivity contribution is 0.00613. The number of hydrogen-bond acceptors (Lipinski definition) is 4. The van der Waals surface area contributed by atoms with Crippen LogP contribution in [0.4, 0.5) is 0 Å². The fourth-order valence-corrected chi connectivity index (χ4v) is 2.89. The summed E-state index contributed by atoms with van der Waals surface area (Å²) in [6.45, 7) is 2.73. The van der Waals surface area contributed by atoms with Crippen LogP contribution in [0, 0.1) is 0 Å². The third-order valence-electron chi connectivity index (χ3n) is 4.10. The Balaban J connectivity index is 1.52. The minimum Gasteiger partial charge on any atom is -0.468 e. The molecule has 1 aromatic heterocycles. The summed E-state index contributed by atoms with van der Waals surface area (Å²) in [5.74, 6) is 0.887. The molecule has 0 aliphatic rings. The second-order valence-electron chi connectivity index (χ2n) is 6.39. The molecule has 4 heteroatoms. The van der Waals surface area contributed by atoms with Gasteiger partial charge in [-0.25, -0.2) is 0 Å². The summed E-state index contributed by atoms with van der Waals surface area (Å²) in [6, 6.07) is 24.1. The van der Waals surface area contributed by atoms with E-state index in [1.165, 1.54) is 5.56 Å². The van der Waals surface area contributed by atoms with E-state index in [0.717, 1.165) is 17.9 Å². The Labute approximate surface area is 154 Å². The zero-order valence-electron chi connectivity index (χ0n) is 14.8. The van der Waals surface area contributed by atoms with E-state index < -0.39 is 6.10 Å². The average molecular weight is 351 g/mol. The number of benzene rings is 2. The maximum atomic E-state index is 10.4. The number of furan rings is 1. The smallest absolute Gasteiger partial charge is 0.117 e. The second kappa shape index (κ2) is 9.92. The molecule has 2 aromatic carbocycles. The summed E-state index contributed by atoms with van der Waals surface area (Å²) in [5, 5.41) is 10.4. The van der Waals surface area contributed by atoms with Gasteiger partial charge < -0.3 is 14.3 Å². The molecule has 136 valence electrons. The molecule has 0 unspecified atom stereocenters. The molecule has 3 rings (SSSR count). The van der Waals surface area contributed by atoms with E-state index >= 15 is 0 Å². The van der Waals surface area contributed by atoms with Crippen LogP contribution in [0.25, 0.3) is 0 Å². The molecule has 0 amide bonds. The first-order chi connectivity index (χ1) is 12.8. The van der Waals surface area contributed by atoms with Crippen LogP contribution in [0.15, 0.2) is 83.5 Å². The fraction of sp³-hybridized carbons (Fsp3) is 0.273. The Bertz CT molecular complexity index is 729. The van der Waals surface area contributed by atoms with E-state index in [4.69, 9.17) is 9.15 Å². The van der Waals surface area contributed by atoms with Crippen molar-refractivity contribution in [2.24, 2.45) is 0 Å². The first-order valence-corrected chi connectivity index (χ1v) is 8.88. The van der Waals surface area contributed by atoms with Crippen molar-refractivity contribution in [1.29, 1.82) is 0 Å². The van der Waals surface area contributed by atoms with E-state index in [1.54, 1.807) is 6.26 Å². The van der Waals surface area contributed by atoms with Gasteiger partial charge in [-0.15, -0.1) is 0 Å². The van der Waals surface area contributed by atoms with Crippen molar-refractivity contribution in [2.75, 3.05) is 13.2 Å². The molecule has 26 heavy (non-hydrogen) atoms. The van der Waals surface area contributed by atoms with Gasteiger partial charge in [0.2, 0.25) is 0 Å². The highest BCUT2D eigenvalue weighted by molar-refractivity contribution is 5.15. The lowest BCUT2D eigenvalue weighted by Crippen LogP contribution is -2.34. The van der Waals surface area contributed by atoms with Gasteiger partial charge in [-0.2, -0.15) is 0 Å². The van der Waals surface area contributed by atoms with Crippen molar-refractivity contribution in [3.8, 4) is 0 Å². The molecule has 0 bridgehead atoms. The number of nitrogens with zero attached hydrogens (tertiary/aromatic N) is 1. The quantitative estimate of drug-likeness (QED) is 0.602. The van der Waals surface area contributed by atoms with Crippen molar-refractivity contribution < 1.29 is 14.3 Å². The summed E-state index contributed by atoms with van der Waals surface area (Å²) in [7, 11) is 0. The Morgan fingerprint density at radius 1 is 0.846 bits per heavy atom. The molecular formula is C22H25NO3. The molecular weight excluding hydrogens is 326 g/mol. The van der Waals surface area contributed by atoms with Crippen LogP contribution in [-0.2, 0) is 24.4 Å². The maximum Gasteiger partial charge on any atom is 0.117 e. The molecule has 1 heterocycles. The molecule has 0 aliphatic heterocycles. The Morgan fingerprint density at radius 2 is 1.54 bits per heavy atom. The summed E-state index contributed by atoms with van der Waals surface area (Å²) in [6.07, 6.45) is 1.12. The highest BCUT2D eigenvalue weighted by atomic mass is 16.5. The van der Waals surface area contributed by atoms with Gasteiger partial charge in [-0.3, -0.25) is 4.90 Å². The van der Waals surface area contributed by atoms with Crippen molar-refractivity contribution in [1.82, 2.24) is 4.90 Å². The summed E-state index contributed by atoms with van der Waals surface area (Å²) >= 11 is 0. The van der Waals surface area contributed by atoms with Crippen LogP contribution in [0.3, 0.4) is 0 Å². The minimum atomic E-state index is -0.558. The van der Waals surface area contributed by atoms with Crippen molar-refractivity contribution in [3.63, 3.8) is 0 Å². The van der Waals surface area contributed by atoms with Gasteiger partial charge >= 0.3 is 0 Å². The first-order valence-electron chi connectivity index (χ1n) is 8.88. The Kier molecular flexibility index (Phi) is 7.02. The molecule has 0 aliphatic carbocycles. The standard InChI is InChI=1S/C22H25NO3/c24-21(18-25-17-20-10-5-2-6-11-20)15-23(16-22-12-7-13-26-22)14-19-8-3-1-4-9-19/h1-13,21,24H,14-18H2/t21-/m1/s1. The molecule has 0 radical (unpaired) electrons. The van der Waals surface area contributed by atoms with Crippen molar-refractivity contribution in [3.05, 3.63) is 95.9 Å². The number of aliphatic hydroxyl groups excluding tert-OH is 1. The van der Waals surface area contributed by atoms with Crippen LogP contribution < -0.4 is 0 Å². The predicted molar refractivity (Wildman–Crippen MR) is 101 cm³/mol. The molecule has 0 saturated heterocycles. The van der Waals surface area contributed by atoms with E-state index in [9.17, 15) is 5.11 Å².